The Hall–Kier alpha value is -2.42. The van der Waals surface area contributed by atoms with Crippen LogP contribution < -0.4 is 10.6 Å². The molecule has 1 aliphatic heterocycles. The van der Waals surface area contributed by atoms with Crippen molar-refractivity contribution in [3.8, 4) is 0 Å². The Morgan fingerprint density at radius 2 is 1.58 bits per heavy atom. The number of nitrogens with zero attached hydrogens (tertiary/aromatic N) is 1. The summed E-state index contributed by atoms with van der Waals surface area (Å²) in [7, 11) is -3.62. The largest absolute Gasteiger partial charge is 0.324 e. The number of hydrogen-bond donors (Lipinski definition) is 2. The first-order valence-corrected chi connectivity index (χ1v) is 12.1. The van der Waals surface area contributed by atoms with Gasteiger partial charge >= 0.3 is 0 Å². The Balaban J connectivity index is 1.61. The van der Waals surface area contributed by atoms with Crippen LogP contribution in [-0.4, -0.2) is 37.6 Å². The summed E-state index contributed by atoms with van der Waals surface area (Å²) in [5.74, 6) is -0.596. The Labute approximate surface area is 187 Å². The van der Waals surface area contributed by atoms with E-state index in [-0.39, 0.29) is 35.7 Å². The number of carbonyl (C=O) groups is 2. The fourth-order valence-corrected chi connectivity index (χ4v) is 5.09. The van der Waals surface area contributed by atoms with E-state index in [1.807, 2.05) is 6.92 Å². The fraction of sp³-hybridized carbons (Fsp3) is 0.364. The predicted octanol–water partition coefficient (Wildman–Crippen LogP) is 4.12. The van der Waals surface area contributed by atoms with Gasteiger partial charge in [-0.1, -0.05) is 30.7 Å². The highest BCUT2D eigenvalue weighted by Crippen LogP contribution is 2.27. The number of amides is 2. The van der Waals surface area contributed by atoms with E-state index in [0.29, 0.717) is 35.7 Å². The third-order valence-electron chi connectivity index (χ3n) is 5.21. The van der Waals surface area contributed by atoms with E-state index in [4.69, 9.17) is 11.6 Å². The van der Waals surface area contributed by atoms with Crippen LogP contribution in [-0.2, 0) is 19.6 Å². The van der Waals surface area contributed by atoms with E-state index in [1.54, 1.807) is 36.4 Å². The SMILES string of the molecule is CCCC(=O)Nc1ccccc1NC(=O)C1CCN(S(=O)(=O)c2ccc(Cl)cc2)CC1. The summed E-state index contributed by atoms with van der Waals surface area (Å²) in [4.78, 5) is 24.9. The molecule has 9 heteroatoms. The highest BCUT2D eigenvalue weighted by atomic mass is 35.5. The van der Waals surface area contributed by atoms with Gasteiger partial charge in [-0.05, 0) is 55.7 Å². The number of piperidine rings is 1. The zero-order chi connectivity index (χ0) is 22.4. The number of anilines is 2. The number of nitrogens with one attached hydrogen (secondary N) is 2. The molecule has 0 bridgehead atoms. The third kappa shape index (κ3) is 5.84. The Kier molecular flexibility index (Phi) is 7.69. The van der Waals surface area contributed by atoms with Crippen LogP contribution >= 0.6 is 11.6 Å². The number of sulfonamides is 1. The molecule has 0 radical (unpaired) electrons. The second-order valence-electron chi connectivity index (χ2n) is 7.47. The fourth-order valence-electron chi connectivity index (χ4n) is 3.49. The molecule has 1 heterocycles. The molecule has 0 spiro atoms. The standard InChI is InChI=1S/C22H26ClN3O4S/c1-2-5-21(27)24-19-6-3-4-7-20(19)25-22(28)16-12-14-26(15-13-16)31(29,30)18-10-8-17(23)9-11-18/h3-4,6-11,16H,2,5,12-15H2,1H3,(H,24,27)(H,25,28). The molecule has 31 heavy (non-hydrogen) atoms. The van der Waals surface area contributed by atoms with Crippen molar-refractivity contribution in [2.45, 2.75) is 37.5 Å². The van der Waals surface area contributed by atoms with Crippen molar-refractivity contribution in [1.29, 1.82) is 0 Å². The van der Waals surface area contributed by atoms with Crippen LogP contribution in [0.1, 0.15) is 32.6 Å². The molecule has 7 nitrogen and oxygen atoms in total. The molecule has 1 aliphatic rings. The summed E-state index contributed by atoms with van der Waals surface area (Å²) in [6.07, 6.45) is 1.98. The van der Waals surface area contributed by atoms with E-state index in [0.717, 1.165) is 6.42 Å². The average Bonchev–Trinajstić information content (AvgIpc) is 2.75. The Morgan fingerprint density at radius 3 is 2.16 bits per heavy atom. The molecule has 2 aromatic rings. The number of para-hydroxylation sites is 2. The van der Waals surface area contributed by atoms with Gasteiger partial charge in [-0.15, -0.1) is 0 Å². The van der Waals surface area contributed by atoms with Crippen LogP contribution in [0.5, 0.6) is 0 Å². The molecule has 2 aromatic carbocycles. The lowest BCUT2D eigenvalue weighted by atomic mass is 9.97. The van der Waals surface area contributed by atoms with Gasteiger partial charge in [0.05, 0.1) is 16.3 Å². The van der Waals surface area contributed by atoms with Gasteiger partial charge < -0.3 is 10.6 Å². The average molecular weight is 464 g/mol. The topological polar surface area (TPSA) is 95.6 Å². The van der Waals surface area contributed by atoms with Crippen molar-refractivity contribution >= 4 is 44.8 Å². The van der Waals surface area contributed by atoms with Crippen molar-refractivity contribution in [2.24, 2.45) is 5.92 Å². The highest BCUT2D eigenvalue weighted by Gasteiger charge is 2.32. The molecule has 0 saturated carbocycles. The second kappa shape index (κ2) is 10.3. The van der Waals surface area contributed by atoms with Crippen LogP contribution in [0.3, 0.4) is 0 Å². The van der Waals surface area contributed by atoms with Crippen molar-refractivity contribution in [2.75, 3.05) is 23.7 Å². The molecule has 0 atom stereocenters. The van der Waals surface area contributed by atoms with Crippen molar-refractivity contribution in [3.05, 3.63) is 53.6 Å². The number of halogens is 1. The van der Waals surface area contributed by atoms with Gasteiger partial charge in [0.25, 0.3) is 0 Å². The molecule has 2 N–H and O–H groups in total. The van der Waals surface area contributed by atoms with E-state index in [9.17, 15) is 18.0 Å². The molecule has 166 valence electrons. The number of hydrogen-bond acceptors (Lipinski definition) is 4. The van der Waals surface area contributed by atoms with E-state index in [2.05, 4.69) is 10.6 Å². The predicted molar refractivity (Wildman–Crippen MR) is 122 cm³/mol. The summed E-state index contributed by atoms with van der Waals surface area (Å²) in [5.41, 5.74) is 1.09. The molecule has 0 unspecified atom stereocenters. The molecular weight excluding hydrogens is 438 g/mol. The van der Waals surface area contributed by atoms with Crippen LogP contribution in [0, 0.1) is 5.92 Å². The monoisotopic (exact) mass is 463 g/mol. The quantitative estimate of drug-likeness (QED) is 0.645. The zero-order valence-electron chi connectivity index (χ0n) is 17.3. The lowest BCUT2D eigenvalue weighted by Crippen LogP contribution is -2.41. The molecule has 0 aliphatic carbocycles. The van der Waals surface area contributed by atoms with Gasteiger partial charge in [0.2, 0.25) is 21.8 Å². The molecule has 2 amide bonds. The maximum absolute atomic E-state index is 12.8. The molecule has 3 rings (SSSR count). The summed E-state index contributed by atoms with van der Waals surface area (Å²) in [6.45, 7) is 2.45. The normalized spacial score (nSPS) is 15.4. The van der Waals surface area contributed by atoms with E-state index >= 15 is 0 Å². The molecule has 1 fully saturated rings. The summed E-state index contributed by atoms with van der Waals surface area (Å²) >= 11 is 5.85. The number of rotatable bonds is 7. The van der Waals surface area contributed by atoms with Gasteiger partial charge in [0, 0.05) is 30.5 Å². The minimum absolute atomic E-state index is 0.107. The minimum atomic E-state index is -3.62. The summed E-state index contributed by atoms with van der Waals surface area (Å²) in [5, 5.41) is 6.17. The minimum Gasteiger partial charge on any atom is -0.324 e. The number of carbonyl (C=O) groups excluding carboxylic acids is 2. The number of benzene rings is 2. The van der Waals surface area contributed by atoms with E-state index < -0.39 is 10.0 Å². The lowest BCUT2D eigenvalue weighted by molar-refractivity contribution is -0.121. The van der Waals surface area contributed by atoms with Crippen LogP contribution in [0.4, 0.5) is 11.4 Å². The van der Waals surface area contributed by atoms with Crippen molar-refractivity contribution < 1.29 is 18.0 Å². The Morgan fingerprint density at radius 1 is 1.00 bits per heavy atom. The Bertz CT molecular complexity index is 1030. The van der Waals surface area contributed by atoms with E-state index in [1.165, 1.54) is 16.4 Å². The lowest BCUT2D eigenvalue weighted by Gasteiger charge is -2.30. The first-order valence-electron chi connectivity index (χ1n) is 10.3. The van der Waals surface area contributed by atoms with Crippen LogP contribution in [0.25, 0.3) is 0 Å². The van der Waals surface area contributed by atoms with Gasteiger partial charge in [0.15, 0.2) is 0 Å². The summed E-state index contributed by atoms with van der Waals surface area (Å²) in [6, 6.07) is 13.1. The smallest absolute Gasteiger partial charge is 0.243 e. The first-order chi connectivity index (χ1) is 14.8. The maximum Gasteiger partial charge on any atom is 0.243 e. The van der Waals surface area contributed by atoms with Crippen molar-refractivity contribution in [1.82, 2.24) is 4.31 Å². The molecular formula is C22H26ClN3O4S. The second-order valence-corrected chi connectivity index (χ2v) is 9.84. The van der Waals surface area contributed by atoms with Gasteiger partial charge in [0.1, 0.15) is 0 Å². The van der Waals surface area contributed by atoms with Gasteiger partial charge in [-0.2, -0.15) is 4.31 Å². The van der Waals surface area contributed by atoms with Gasteiger partial charge in [-0.25, -0.2) is 8.42 Å². The summed E-state index contributed by atoms with van der Waals surface area (Å²) < 4.78 is 27.0. The molecule has 0 aromatic heterocycles. The van der Waals surface area contributed by atoms with Crippen LogP contribution in [0.15, 0.2) is 53.4 Å². The molecule has 1 saturated heterocycles. The maximum atomic E-state index is 12.8. The third-order valence-corrected chi connectivity index (χ3v) is 7.38. The zero-order valence-corrected chi connectivity index (χ0v) is 18.9. The first kappa shape index (κ1) is 23.2. The van der Waals surface area contributed by atoms with Crippen molar-refractivity contribution in [3.63, 3.8) is 0 Å². The van der Waals surface area contributed by atoms with Gasteiger partial charge in [-0.3, -0.25) is 9.59 Å². The van der Waals surface area contributed by atoms with Crippen LogP contribution in [0.2, 0.25) is 5.02 Å². The highest BCUT2D eigenvalue weighted by molar-refractivity contribution is 7.89.